The normalized spacial score (nSPS) is 12.6. The van der Waals surface area contributed by atoms with Crippen molar-refractivity contribution >= 4 is 6.08 Å². The standard InChI is InChI=1S/C21H17F9O/c1-2-3-4-5-12-8-17(24)19(18(25)9-12)21(29,30)31-13-10-15(22)14(16(23)11-13)6-7-20(26,27)28/h6-11H,2-5H2,1H3/b7-6+. The van der Waals surface area contributed by atoms with Crippen molar-refractivity contribution in [1.29, 1.82) is 0 Å². The molecule has 0 aliphatic carbocycles. The summed E-state index contributed by atoms with van der Waals surface area (Å²) in [5, 5.41) is 0. The van der Waals surface area contributed by atoms with E-state index in [1.165, 1.54) is 0 Å². The minimum atomic E-state index is -4.86. The lowest BCUT2D eigenvalue weighted by Crippen LogP contribution is -2.25. The SMILES string of the molecule is CCCCCc1cc(F)c(C(F)(F)Oc2cc(F)c(/C=C/C(F)(F)F)c(F)c2)c(F)c1. The molecule has 31 heavy (non-hydrogen) atoms. The molecule has 0 aliphatic rings. The van der Waals surface area contributed by atoms with Crippen LogP contribution < -0.4 is 4.74 Å². The molecule has 0 fully saturated rings. The molecule has 0 atom stereocenters. The number of hydrogen-bond donors (Lipinski definition) is 0. The third-order valence-electron chi connectivity index (χ3n) is 4.20. The van der Waals surface area contributed by atoms with Crippen LogP contribution in [0.1, 0.15) is 42.9 Å². The average molecular weight is 456 g/mol. The second kappa shape index (κ2) is 9.65. The Balaban J connectivity index is 2.31. The Hall–Kier alpha value is -2.65. The van der Waals surface area contributed by atoms with Crippen LogP contribution in [0.3, 0.4) is 0 Å². The zero-order valence-electron chi connectivity index (χ0n) is 16.1. The number of hydrogen-bond acceptors (Lipinski definition) is 1. The van der Waals surface area contributed by atoms with E-state index in [2.05, 4.69) is 4.74 Å². The number of unbranched alkanes of at least 4 members (excludes halogenated alkanes) is 2. The molecule has 1 nitrogen and oxygen atoms in total. The van der Waals surface area contributed by atoms with Crippen LogP contribution in [0, 0.1) is 23.3 Å². The molecule has 0 spiro atoms. The van der Waals surface area contributed by atoms with Crippen LogP contribution in [0.4, 0.5) is 39.5 Å². The summed E-state index contributed by atoms with van der Waals surface area (Å²) in [7, 11) is 0. The van der Waals surface area contributed by atoms with Crippen molar-refractivity contribution in [1.82, 2.24) is 0 Å². The summed E-state index contributed by atoms with van der Waals surface area (Å²) >= 11 is 0. The van der Waals surface area contributed by atoms with Gasteiger partial charge in [-0.25, -0.2) is 17.6 Å². The third-order valence-corrected chi connectivity index (χ3v) is 4.20. The van der Waals surface area contributed by atoms with Crippen LogP contribution in [-0.2, 0) is 12.5 Å². The molecule has 0 saturated heterocycles. The van der Waals surface area contributed by atoms with Crippen molar-refractivity contribution in [2.75, 3.05) is 0 Å². The first-order chi connectivity index (χ1) is 14.3. The van der Waals surface area contributed by atoms with Crippen molar-refractivity contribution < 1.29 is 44.3 Å². The minimum Gasteiger partial charge on any atom is -0.429 e. The van der Waals surface area contributed by atoms with Gasteiger partial charge in [-0.05, 0) is 36.6 Å². The quantitative estimate of drug-likeness (QED) is 0.292. The van der Waals surface area contributed by atoms with Gasteiger partial charge in [-0.1, -0.05) is 19.8 Å². The van der Waals surface area contributed by atoms with E-state index >= 15 is 0 Å². The van der Waals surface area contributed by atoms with E-state index < -0.39 is 58.5 Å². The molecule has 0 unspecified atom stereocenters. The Bertz CT molecular complexity index is 902. The second-order valence-electron chi connectivity index (χ2n) is 6.69. The lowest BCUT2D eigenvalue weighted by molar-refractivity contribution is -0.189. The maximum absolute atomic E-state index is 14.4. The van der Waals surface area contributed by atoms with Crippen LogP contribution in [-0.4, -0.2) is 6.18 Å². The number of aryl methyl sites for hydroxylation is 1. The molecule has 0 amide bonds. The molecule has 170 valence electrons. The highest BCUT2D eigenvalue weighted by Gasteiger charge is 2.41. The number of ether oxygens (including phenoxy) is 1. The molecule has 0 heterocycles. The number of halogens is 9. The van der Waals surface area contributed by atoms with Crippen LogP contribution in [0.15, 0.2) is 30.3 Å². The van der Waals surface area contributed by atoms with Gasteiger partial charge in [0.15, 0.2) is 0 Å². The number of alkyl halides is 5. The Morgan fingerprint density at radius 2 is 1.35 bits per heavy atom. The molecule has 2 aromatic carbocycles. The van der Waals surface area contributed by atoms with Crippen LogP contribution in [0.5, 0.6) is 5.75 Å². The van der Waals surface area contributed by atoms with E-state index in [-0.39, 0.29) is 30.2 Å². The first-order valence-electron chi connectivity index (χ1n) is 9.14. The molecular weight excluding hydrogens is 439 g/mol. The van der Waals surface area contributed by atoms with Crippen molar-refractivity contribution in [3.63, 3.8) is 0 Å². The van der Waals surface area contributed by atoms with E-state index in [9.17, 15) is 39.5 Å². The van der Waals surface area contributed by atoms with Gasteiger partial charge < -0.3 is 4.74 Å². The summed E-state index contributed by atoms with van der Waals surface area (Å²) < 4.78 is 125. The highest BCUT2D eigenvalue weighted by molar-refractivity contribution is 5.53. The summed E-state index contributed by atoms with van der Waals surface area (Å²) in [6, 6.07) is 1.80. The Morgan fingerprint density at radius 1 is 0.806 bits per heavy atom. The number of rotatable bonds is 8. The molecule has 0 aromatic heterocycles. The predicted molar refractivity (Wildman–Crippen MR) is 95.6 cm³/mol. The van der Waals surface area contributed by atoms with Crippen molar-refractivity contribution in [3.05, 3.63) is 70.3 Å². The van der Waals surface area contributed by atoms with Gasteiger partial charge in [-0.15, -0.1) is 0 Å². The summed E-state index contributed by atoms with van der Waals surface area (Å²) in [6.07, 6.45) is -7.42. The smallest absolute Gasteiger partial charge is 0.429 e. The van der Waals surface area contributed by atoms with Crippen molar-refractivity contribution in [2.45, 2.75) is 44.9 Å². The summed E-state index contributed by atoms with van der Waals surface area (Å²) in [6.45, 7) is 1.91. The van der Waals surface area contributed by atoms with Gasteiger partial charge in [-0.2, -0.15) is 22.0 Å². The highest BCUT2D eigenvalue weighted by Crippen LogP contribution is 2.36. The minimum absolute atomic E-state index is 0.0726. The Morgan fingerprint density at radius 3 is 1.84 bits per heavy atom. The van der Waals surface area contributed by atoms with Gasteiger partial charge in [0.1, 0.15) is 34.6 Å². The number of allylic oxidation sites excluding steroid dienone is 1. The topological polar surface area (TPSA) is 9.23 Å². The van der Waals surface area contributed by atoms with Crippen molar-refractivity contribution in [2.24, 2.45) is 0 Å². The molecule has 0 aliphatic heterocycles. The predicted octanol–water partition coefficient (Wildman–Crippen LogP) is 7.68. The summed E-state index contributed by atoms with van der Waals surface area (Å²) in [5.74, 6) is -7.67. The van der Waals surface area contributed by atoms with Crippen LogP contribution in [0.25, 0.3) is 6.08 Å². The molecular formula is C21H17F9O. The van der Waals surface area contributed by atoms with E-state index in [0.29, 0.717) is 6.42 Å². The fourth-order valence-electron chi connectivity index (χ4n) is 2.78. The van der Waals surface area contributed by atoms with E-state index in [1.54, 1.807) is 0 Å². The zero-order valence-corrected chi connectivity index (χ0v) is 16.1. The molecule has 2 rings (SSSR count). The van der Waals surface area contributed by atoms with Crippen LogP contribution in [0.2, 0.25) is 0 Å². The lowest BCUT2D eigenvalue weighted by atomic mass is 10.0. The number of benzene rings is 2. The molecule has 2 aromatic rings. The first-order valence-corrected chi connectivity index (χ1v) is 9.14. The monoisotopic (exact) mass is 456 g/mol. The summed E-state index contributed by atoms with van der Waals surface area (Å²) in [4.78, 5) is 0. The molecule has 0 bridgehead atoms. The maximum atomic E-state index is 14.4. The fourth-order valence-corrected chi connectivity index (χ4v) is 2.78. The zero-order chi connectivity index (χ0) is 23.4. The van der Waals surface area contributed by atoms with E-state index in [1.807, 2.05) is 6.92 Å². The van der Waals surface area contributed by atoms with Gasteiger partial charge in [0.05, 0.1) is 0 Å². The maximum Gasteiger partial charge on any atom is 0.432 e. The molecule has 0 N–H and O–H groups in total. The fraction of sp³-hybridized carbons (Fsp3) is 0.333. The average Bonchev–Trinajstić information content (AvgIpc) is 2.59. The van der Waals surface area contributed by atoms with Crippen LogP contribution >= 0.6 is 0 Å². The molecule has 10 heteroatoms. The van der Waals surface area contributed by atoms with E-state index in [0.717, 1.165) is 25.0 Å². The Labute approximate surface area is 172 Å². The van der Waals surface area contributed by atoms with Gasteiger partial charge in [0, 0.05) is 23.8 Å². The van der Waals surface area contributed by atoms with Crippen molar-refractivity contribution in [3.8, 4) is 5.75 Å². The second-order valence-corrected chi connectivity index (χ2v) is 6.69. The third kappa shape index (κ3) is 6.67. The highest BCUT2D eigenvalue weighted by atomic mass is 19.4. The van der Waals surface area contributed by atoms with Gasteiger partial charge >= 0.3 is 12.3 Å². The van der Waals surface area contributed by atoms with Gasteiger partial charge in [0.25, 0.3) is 0 Å². The molecule has 0 radical (unpaired) electrons. The lowest BCUT2D eigenvalue weighted by Gasteiger charge is -2.20. The largest absolute Gasteiger partial charge is 0.432 e. The van der Waals surface area contributed by atoms with Gasteiger partial charge in [-0.3, -0.25) is 0 Å². The van der Waals surface area contributed by atoms with Gasteiger partial charge in [0.2, 0.25) is 0 Å². The van der Waals surface area contributed by atoms with E-state index in [4.69, 9.17) is 0 Å². The molecule has 0 saturated carbocycles. The Kier molecular flexibility index (Phi) is 7.67. The summed E-state index contributed by atoms with van der Waals surface area (Å²) in [5.41, 5.74) is -2.75. The first kappa shape index (κ1) is 24.6.